The minimum Gasteiger partial charge on any atom is -0.478 e. The topological polar surface area (TPSA) is 89.7 Å². The summed E-state index contributed by atoms with van der Waals surface area (Å²) < 4.78 is 5.38. The van der Waals surface area contributed by atoms with E-state index in [0.29, 0.717) is 11.3 Å². The number of aliphatic carboxylic acids is 1. The lowest BCUT2D eigenvalue weighted by Gasteiger charge is -2.19. The van der Waals surface area contributed by atoms with Gasteiger partial charge in [-0.25, -0.2) is 4.79 Å². The molecule has 1 rings (SSSR count). The molecule has 0 saturated heterocycles. The van der Waals surface area contributed by atoms with Crippen LogP contribution in [0, 0.1) is 23.0 Å². The number of nitro groups is 1. The zero-order valence-corrected chi connectivity index (χ0v) is 10.4. The van der Waals surface area contributed by atoms with Crippen LogP contribution < -0.4 is 4.74 Å². The van der Waals surface area contributed by atoms with E-state index in [-0.39, 0.29) is 11.6 Å². The first kappa shape index (κ1) is 14.0. The Morgan fingerprint density at radius 1 is 1.44 bits per heavy atom. The standard InChI is InChI=1S/C12H15NO5/c1-7(2)11(12(14)15)18-10-5-4-9(13(16)17)6-8(10)3/h4-7,11H,1-3H3,(H,14,15). The smallest absolute Gasteiger partial charge is 0.345 e. The highest BCUT2D eigenvalue weighted by Gasteiger charge is 2.24. The molecule has 0 heterocycles. The van der Waals surface area contributed by atoms with Crippen LogP contribution in [0.4, 0.5) is 5.69 Å². The van der Waals surface area contributed by atoms with Crippen LogP contribution in [0.2, 0.25) is 0 Å². The lowest BCUT2D eigenvalue weighted by atomic mass is 10.1. The third-order valence-corrected chi connectivity index (χ3v) is 2.47. The molecule has 1 atom stereocenters. The summed E-state index contributed by atoms with van der Waals surface area (Å²) in [6.45, 7) is 5.11. The summed E-state index contributed by atoms with van der Waals surface area (Å²) in [5.41, 5.74) is 0.493. The minimum absolute atomic E-state index is 0.0451. The number of ether oxygens (including phenoxy) is 1. The Hall–Kier alpha value is -2.11. The van der Waals surface area contributed by atoms with E-state index in [9.17, 15) is 14.9 Å². The second kappa shape index (κ2) is 5.48. The van der Waals surface area contributed by atoms with Crippen molar-refractivity contribution >= 4 is 11.7 Å². The highest BCUT2D eigenvalue weighted by atomic mass is 16.6. The molecule has 0 aliphatic rings. The average Bonchev–Trinajstić information content (AvgIpc) is 2.25. The fourth-order valence-corrected chi connectivity index (χ4v) is 1.49. The summed E-state index contributed by atoms with van der Waals surface area (Å²) >= 11 is 0. The molecule has 6 heteroatoms. The highest BCUT2D eigenvalue weighted by molar-refractivity contribution is 5.73. The normalized spacial score (nSPS) is 12.2. The maximum Gasteiger partial charge on any atom is 0.345 e. The van der Waals surface area contributed by atoms with Crippen LogP contribution in [-0.2, 0) is 4.79 Å². The zero-order chi connectivity index (χ0) is 13.9. The number of aryl methyl sites for hydroxylation is 1. The Morgan fingerprint density at radius 2 is 2.06 bits per heavy atom. The minimum atomic E-state index is -1.05. The molecule has 1 aromatic rings. The molecule has 0 aliphatic carbocycles. The van der Waals surface area contributed by atoms with Crippen LogP contribution in [0.25, 0.3) is 0 Å². The van der Waals surface area contributed by atoms with Gasteiger partial charge in [0.2, 0.25) is 0 Å². The molecule has 0 amide bonds. The van der Waals surface area contributed by atoms with Gasteiger partial charge < -0.3 is 9.84 Å². The molecule has 1 aromatic carbocycles. The molecule has 0 aromatic heterocycles. The molecule has 6 nitrogen and oxygen atoms in total. The Morgan fingerprint density at radius 3 is 2.44 bits per heavy atom. The number of carboxylic acid groups (broad SMARTS) is 1. The maximum atomic E-state index is 11.0. The molecule has 0 bridgehead atoms. The predicted molar refractivity (Wildman–Crippen MR) is 64.7 cm³/mol. The van der Waals surface area contributed by atoms with Gasteiger partial charge in [-0.05, 0) is 18.6 Å². The fraction of sp³-hybridized carbons (Fsp3) is 0.417. The van der Waals surface area contributed by atoms with E-state index in [2.05, 4.69) is 0 Å². The van der Waals surface area contributed by atoms with Crippen molar-refractivity contribution in [1.29, 1.82) is 0 Å². The van der Waals surface area contributed by atoms with Crippen LogP contribution in [0.15, 0.2) is 18.2 Å². The number of hydrogen-bond donors (Lipinski definition) is 1. The van der Waals surface area contributed by atoms with E-state index >= 15 is 0 Å². The van der Waals surface area contributed by atoms with Crippen LogP contribution in [0.3, 0.4) is 0 Å². The summed E-state index contributed by atoms with van der Waals surface area (Å²) in [4.78, 5) is 21.1. The molecule has 98 valence electrons. The molecule has 1 N–H and O–H groups in total. The van der Waals surface area contributed by atoms with E-state index in [0.717, 1.165) is 0 Å². The van der Waals surface area contributed by atoms with Crippen molar-refractivity contribution in [2.45, 2.75) is 26.9 Å². The second-order valence-corrected chi connectivity index (χ2v) is 4.33. The Bertz CT molecular complexity index is 470. The third-order valence-electron chi connectivity index (χ3n) is 2.47. The molecular formula is C12H15NO5. The number of nitrogens with zero attached hydrogens (tertiary/aromatic N) is 1. The third kappa shape index (κ3) is 3.19. The van der Waals surface area contributed by atoms with Crippen molar-refractivity contribution in [2.24, 2.45) is 5.92 Å². The fourth-order valence-electron chi connectivity index (χ4n) is 1.49. The highest BCUT2D eigenvalue weighted by Crippen LogP contribution is 2.25. The summed E-state index contributed by atoms with van der Waals surface area (Å²) in [7, 11) is 0. The van der Waals surface area contributed by atoms with E-state index in [1.165, 1.54) is 18.2 Å². The van der Waals surface area contributed by atoms with Gasteiger partial charge in [0.25, 0.3) is 5.69 Å². The predicted octanol–water partition coefficient (Wildman–Crippen LogP) is 2.39. The Labute approximate surface area is 104 Å². The van der Waals surface area contributed by atoms with Gasteiger partial charge in [-0.3, -0.25) is 10.1 Å². The average molecular weight is 253 g/mol. The number of hydrogen-bond acceptors (Lipinski definition) is 4. The first-order chi connectivity index (χ1) is 8.32. The largest absolute Gasteiger partial charge is 0.478 e. The van der Waals surface area contributed by atoms with Crippen molar-refractivity contribution in [3.8, 4) is 5.75 Å². The van der Waals surface area contributed by atoms with Gasteiger partial charge in [0.15, 0.2) is 6.10 Å². The summed E-state index contributed by atoms with van der Waals surface area (Å²) in [6, 6.07) is 4.07. The van der Waals surface area contributed by atoms with Gasteiger partial charge in [-0.15, -0.1) is 0 Å². The molecule has 18 heavy (non-hydrogen) atoms. The number of nitro benzene ring substituents is 1. The second-order valence-electron chi connectivity index (χ2n) is 4.33. The van der Waals surface area contributed by atoms with Crippen molar-refractivity contribution in [1.82, 2.24) is 0 Å². The molecule has 1 unspecified atom stereocenters. The number of carboxylic acids is 1. The van der Waals surface area contributed by atoms with Gasteiger partial charge in [0.05, 0.1) is 4.92 Å². The van der Waals surface area contributed by atoms with Gasteiger partial charge in [-0.1, -0.05) is 13.8 Å². The SMILES string of the molecule is Cc1cc([N+](=O)[O-])ccc1OC(C(=O)O)C(C)C. The summed E-state index contributed by atoms with van der Waals surface area (Å²) in [6.07, 6.45) is -0.967. The molecule has 0 aliphatic heterocycles. The lowest BCUT2D eigenvalue weighted by molar-refractivity contribution is -0.384. The van der Waals surface area contributed by atoms with Crippen molar-refractivity contribution in [3.63, 3.8) is 0 Å². The monoisotopic (exact) mass is 253 g/mol. The molecule has 0 fully saturated rings. The van der Waals surface area contributed by atoms with Crippen LogP contribution >= 0.6 is 0 Å². The zero-order valence-electron chi connectivity index (χ0n) is 10.4. The van der Waals surface area contributed by atoms with Crippen molar-refractivity contribution < 1.29 is 19.6 Å². The molecule has 0 radical (unpaired) electrons. The van der Waals surface area contributed by atoms with Crippen LogP contribution in [-0.4, -0.2) is 22.1 Å². The van der Waals surface area contributed by atoms with Gasteiger partial charge >= 0.3 is 5.97 Å². The number of carbonyl (C=O) groups is 1. The molecule has 0 saturated carbocycles. The van der Waals surface area contributed by atoms with Crippen molar-refractivity contribution in [2.75, 3.05) is 0 Å². The van der Waals surface area contributed by atoms with E-state index in [1.807, 2.05) is 0 Å². The van der Waals surface area contributed by atoms with Crippen molar-refractivity contribution in [3.05, 3.63) is 33.9 Å². The van der Waals surface area contributed by atoms with Gasteiger partial charge in [0.1, 0.15) is 5.75 Å². The lowest BCUT2D eigenvalue weighted by Crippen LogP contribution is -2.32. The summed E-state index contributed by atoms with van der Waals surface area (Å²) in [5, 5.41) is 19.6. The van der Waals surface area contributed by atoms with Crippen LogP contribution in [0.5, 0.6) is 5.75 Å². The summed E-state index contributed by atoms with van der Waals surface area (Å²) in [5.74, 6) is -0.901. The van der Waals surface area contributed by atoms with Crippen LogP contribution in [0.1, 0.15) is 19.4 Å². The molecular weight excluding hydrogens is 238 g/mol. The first-order valence-electron chi connectivity index (χ1n) is 5.47. The Kier molecular flexibility index (Phi) is 4.25. The first-order valence-corrected chi connectivity index (χ1v) is 5.47. The number of benzene rings is 1. The Balaban J connectivity index is 2.97. The van der Waals surface area contributed by atoms with E-state index in [4.69, 9.17) is 9.84 Å². The molecule has 0 spiro atoms. The van der Waals surface area contributed by atoms with E-state index in [1.54, 1.807) is 20.8 Å². The number of non-ortho nitro benzene ring substituents is 1. The quantitative estimate of drug-likeness (QED) is 0.642. The van der Waals surface area contributed by atoms with E-state index < -0.39 is 17.0 Å². The van der Waals surface area contributed by atoms with Gasteiger partial charge in [-0.2, -0.15) is 0 Å². The van der Waals surface area contributed by atoms with Gasteiger partial charge in [0, 0.05) is 18.1 Å². The maximum absolute atomic E-state index is 11.0. The number of rotatable bonds is 5.